The van der Waals surface area contributed by atoms with Crippen LogP contribution in [0.5, 0.6) is 0 Å². The van der Waals surface area contributed by atoms with Gasteiger partial charge in [0.15, 0.2) is 0 Å². The SMILES string of the molecule is CCN1CCCN1CC. The second-order valence-corrected chi connectivity index (χ2v) is 2.45. The Morgan fingerprint density at radius 3 is 1.78 bits per heavy atom. The monoisotopic (exact) mass is 128 g/mol. The highest BCUT2D eigenvalue weighted by atomic mass is 15.6. The molecule has 0 amide bonds. The fourth-order valence-corrected chi connectivity index (χ4v) is 1.43. The zero-order chi connectivity index (χ0) is 6.69. The molecule has 1 saturated heterocycles. The number of hydrazine groups is 1. The maximum Gasteiger partial charge on any atom is 0.0145 e. The van der Waals surface area contributed by atoms with Crippen molar-refractivity contribution in [3.63, 3.8) is 0 Å². The molecule has 1 aliphatic rings. The van der Waals surface area contributed by atoms with E-state index in [1.807, 2.05) is 0 Å². The third-order valence-corrected chi connectivity index (χ3v) is 1.96. The van der Waals surface area contributed by atoms with E-state index in [0.717, 1.165) is 0 Å². The molecule has 0 N–H and O–H groups in total. The molecule has 1 heterocycles. The minimum Gasteiger partial charge on any atom is -0.242 e. The summed E-state index contributed by atoms with van der Waals surface area (Å²) in [5, 5.41) is 4.83. The number of hydrogen-bond acceptors (Lipinski definition) is 2. The highest BCUT2D eigenvalue weighted by Gasteiger charge is 2.16. The predicted octanol–water partition coefficient (Wildman–Crippen LogP) is 0.949. The molecule has 0 aromatic heterocycles. The Bertz CT molecular complexity index is 73.0. The lowest BCUT2D eigenvalue weighted by Gasteiger charge is -2.24. The molecule has 0 atom stereocenters. The molecular formula is C7H16N2. The molecule has 0 bridgehead atoms. The Morgan fingerprint density at radius 1 is 1.00 bits per heavy atom. The van der Waals surface area contributed by atoms with E-state index in [4.69, 9.17) is 0 Å². The van der Waals surface area contributed by atoms with Gasteiger partial charge in [-0.25, -0.2) is 10.0 Å². The molecule has 0 unspecified atom stereocenters. The molecule has 0 aromatic carbocycles. The molecule has 1 aliphatic heterocycles. The average molecular weight is 128 g/mol. The van der Waals surface area contributed by atoms with Crippen LogP contribution < -0.4 is 0 Å². The minimum absolute atomic E-state index is 1.17. The van der Waals surface area contributed by atoms with Crippen LogP contribution in [-0.4, -0.2) is 36.2 Å². The fraction of sp³-hybridized carbons (Fsp3) is 1.00. The normalized spacial score (nSPS) is 23.3. The maximum atomic E-state index is 2.42. The largest absolute Gasteiger partial charge is 0.242 e. The predicted molar refractivity (Wildman–Crippen MR) is 39.1 cm³/mol. The Balaban J connectivity index is 2.32. The molecule has 9 heavy (non-hydrogen) atoms. The Morgan fingerprint density at radius 2 is 1.44 bits per heavy atom. The second kappa shape index (κ2) is 3.18. The van der Waals surface area contributed by atoms with E-state index in [-0.39, 0.29) is 0 Å². The molecule has 0 aliphatic carbocycles. The van der Waals surface area contributed by atoms with Gasteiger partial charge < -0.3 is 0 Å². The standard InChI is InChI=1S/C7H16N2/c1-3-8-6-5-7-9(8)4-2/h3-7H2,1-2H3. The van der Waals surface area contributed by atoms with Crippen molar-refractivity contribution in [1.82, 2.24) is 10.0 Å². The first-order valence-electron chi connectivity index (χ1n) is 3.88. The van der Waals surface area contributed by atoms with Crippen molar-refractivity contribution in [3.8, 4) is 0 Å². The van der Waals surface area contributed by atoms with E-state index in [9.17, 15) is 0 Å². The summed E-state index contributed by atoms with van der Waals surface area (Å²) in [6, 6.07) is 0. The van der Waals surface area contributed by atoms with Gasteiger partial charge in [0.05, 0.1) is 0 Å². The Kier molecular flexibility index (Phi) is 2.49. The highest BCUT2D eigenvalue weighted by Crippen LogP contribution is 2.07. The van der Waals surface area contributed by atoms with Crippen LogP contribution in [0.15, 0.2) is 0 Å². The molecule has 2 heteroatoms. The third kappa shape index (κ3) is 1.43. The van der Waals surface area contributed by atoms with E-state index in [0.29, 0.717) is 0 Å². The van der Waals surface area contributed by atoms with Crippen molar-refractivity contribution >= 4 is 0 Å². The van der Waals surface area contributed by atoms with Crippen molar-refractivity contribution in [1.29, 1.82) is 0 Å². The average Bonchev–Trinajstić information content (AvgIpc) is 2.33. The molecule has 0 spiro atoms. The lowest BCUT2D eigenvalue weighted by Crippen LogP contribution is -2.35. The molecule has 1 fully saturated rings. The van der Waals surface area contributed by atoms with Gasteiger partial charge in [-0.05, 0) is 6.42 Å². The summed E-state index contributed by atoms with van der Waals surface area (Å²) in [5.74, 6) is 0. The van der Waals surface area contributed by atoms with Gasteiger partial charge >= 0.3 is 0 Å². The van der Waals surface area contributed by atoms with E-state index < -0.39 is 0 Å². The van der Waals surface area contributed by atoms with E-state index in [1.165, 1.54) is 32.6 Å². The highest BCUT2D eigenvalue weighted by molar-refractivity contribution is 4.63. The number of hydrogen-bond donors (Lipinski definition) is 0. The van der Waals surface area contributed by atoms with Crippen LogP contribution in [-0.2, 0) is 0 Å². The van der Waals surface area contributed by atoms with E-state index in [1.54, 1.807) is 0 Å². The van der Waals surface area contributed by atoms with Crippen LogP contribution in [0.25, 0.3) is 0 Å². The zero-order valence-corrected chi connectivity index (χ0v) is 6.43. The summed E-state index contributed by atoms with van der Waals surface area (Å²) in [5.41, 5.74) is 0. The topological polar surface area (TPSA) is 6.48 Å². The van der Waals surface area contributed by atoms with Crippen molar-refractivity contribution < 1.29 is 0 Å². The van der Waals surface area contributed by atoms with Gasteiger partial charge in [-0.1, -0.05) is 13.8 Å². The van der Waals surface area contributed by atoms with E-state index in [2.05, 4.69) is 23.9 Å². The Hall–Kier alpha value is -0.0800. The van der Waals surface area contributed by atoms with Gasteiger partial charge in [-0.3, -0.25) is 0 Å². The van der Waals surface area contributed by atoms with Gasteiger partial charge in [-0.2, -0.15) is 0 Å². The van der Waals surface area contributed by atoms with Gasteiger partial charge in [0.25, 0.3) is 0 Å². The van der Waals surface area contributed by atoms with Crippen molar-refractivity contribution in [2.45, 2.75) is 20.3 Å². The fourth-order valence-electron chi connectivity index (χ4n) is 1.43. The second-order valence-electron chi connectivity index (χ2n) is 2.45. The van der Waals surface area contributed by atoms with Gasteiger partial charge in [0.2, 0.25) is 0 Å². The van der Waals surface area contributed by atoms with Crippen molar-refractivity contribution in [3.05, 3.63) is 0 Å². The molecule has 0 saturated carbocycles. The lowest BCUT2D eigenvalue weighted by molar-refractivity contribution is 0.0388. The zero-order valence-electron chi connectivity index (χ0n) is 6.43. The molecule has 54 valence electrons. The first-order valence-corrected chi connectivity index (χ1v) is 3.88. The maximum absolute atomic E-state index is 2.42. The van der Waals surface area contributed by atoms with Crippen LogP contribution in [0.1, 0.15) is 20.3 Å². The van der Waals surface area contributed by atoms with E-state index >= 15 is 0 Å². The number of rotatable bonds is 2. The quantitative estimate of drug-likeness (QED) is 0.546. The first-order chi connectivity index (χ1) is 4.38. The van der Waals surface area contributed by atoms with Crippen LogP contribution in [0.3, 0.4) is 0 Å². The summed E-state index contributed by atoms with van der Waals surface area (Å²) in [7, 11) is 0. The van der Waals surface area contributed by atoms with Crippen LogP contribution >= 0.6 is 0 Å². The molecule has 2 nitrogen and oxygen atoms in total. The third-order valence-electron chi connectivity index (χ3n) is 1.96. The summed E-state index contributed by atoms with van der Waals surface area (Å²) in [4.78, 5) is 0. The molecule has 0 aromatic rings. The van der Waals surface area contributed by atoms with Crippen molar-refractivity contribution in [2.24, 2.45) is 0 Å². The summed E-state index contributed by atoms with van der Waals surface area (Å²) >= 11 is 0. The van der Waals surface area contributed by atoms with Gasteiger partial charge in [-0.15, -0.1) is 0 Å². The van der Waals surface area contributed by atoms with Gasteiger partial charge in [0.1, 0.15) is 0 Å². The minimum atomic E-state index is 1.17. The molecule has 1 rings (SSSR count). The van der Waals surface area contributed by atoms with Crippen molar-refractivity contribution in [2.75, 3.05) is 26.2 Å². The molecule has 0 radical (unpaired) electrons. The van der Waals surface area contributed by atoms with Crippen LogP contribution in [0, 0.1) is 0 Å². The summed E-state index contributed by atoms with van der Waals surface area (Å²) in [6.07, 6.45) is 1.35. The summed E-state index contributed by atoms with van der Waals surface area (Å²) < 4.78 is 0. The van der Waals surface area contributed by atoms with Crippen LogP contribution in [0.4, 0.5) is 0 Å². The smallest absolute Gasteiger partial charge is 0.0145 e. The van der Waals surface area contributed by atoms with Gasteiger partial charge in [0, 0.05) is 26.2 Å². The van der Waals surface area contributed by atoms with Crippen LogP contribution in [0.2, 0.25) is 0 Å². The molecular weight excluding hydrogens is 112 g/mol. The Labute approximate surface area is 57.4 Å². The lowest BCUT2D eigenvalue weighted by atomic mass is 10.4. The first kappa shape index (κ1) is 7.03. The summed E-state index contributed by atoms with van der Waals surface area (Å²) in [6.45, 7) is 9.32. The number of nitrogens with zero attached hydrogens (tertiary/aromatic N) is 2.